The quantitative estimate of drug-likeness (QED) is 0.245. The number of benzene rings is 3. The number of amides is 2. The molecule has 1 aliphatic heterocycles. The van der Waals surface area contributed by atoms with Crippen LogP contribution in [0.4, 0.5) is 11.4 Å². The predicted molar refractivity (Wildman–Crippen MR) is 166 cm³/mol. The summed E-state index contributed by atoms with van der Waals surface area (Å²) in [5, 5.41) is 7.87. The van der Waals surface area contributed by atoms with Crippen LogP contribution < -0.4 is 19.7 Å². The van der Waals surface area contributed by atoms with Gasteiger partial charge in [-0.1, -0.05) is 47.1 Å². The number of methoxy groups -OCH3 is 1. The van der Waals surface area contributed by atoms with E-state index in [9.17, 15) is 18.0 Å². The Morgan fingerprint density at radius 2 is 1.79 bits per heavy atom. The van der Waals surface area contributed by atoms with E-state index in [1.165, 1.54) is 32.7 Å². The zero-order valence-corrected chi connectivity index (χ0v) is 25.8. The lowest BCUT2D eigenvalue weighted by molar-refractivity contribution is -0.140. The predicted octanol–water partition coefficient (Wildman–Crippen LogP) is 4.79. The largest absolute Gasteiger partial charge is 0.497 e. The van der Waals surface area contributed by atoms with Gasteiger partial charge in [0.25, 0.3) is 11.8 Å². The van der Waals surface area contributed by atoms with Crippen LogP contribution in [0.15, 0.2) is 71.9 Å². The number of carbonyl (C=O) groups is 2. The van der Waals surface area contributed by atoms with Crippen molar-refractivity contribution in [2.75, 3.05) is 30.1 Å². The summed E-state index contributed by atoms with van der Waals surface area (Å²) >= 11 is 6.17. The molecule has 0 aromatic heterocycles. The summed E-state index contributed by atoms with van der Waals surface area (Å²) in [6, 6.07) is 19.7. The molecule has 12 heteroatoms. The van der Waals surface area contributed by atoms with Crippen LogP contribution in [0.25, 0.3) is 0 Å². The van der Waals surface area contributed by atoms with E-state index in [4.69, 9.17) is 21.2 Å². The summed E-state index contributed by atoms with van der Waals surface area (Å²) in [7, 11) is -2.24. The Morgan fingerprint density at radius 1 is 1.09 bits per heavy atom. The smallest absolute Gasteiger partial charge is 0.279 e. The average Bonchev–Trinajstić information content (AvgIpc) is 3.66. The molecule has 2 amide bonds. The zero-order valence-electron chi connectivity index (χ0n) is 24.3. The van der Waals surface area contributed by atoms with E-state index in [1.807, 2.05) is 40.0 Å². The lowest BCUT2D eigenvalue weighted by atomic mass is 9.99. The number of hydrogen-bond donors (Lipinski definition) is 2. The first-order valence-electron chi connectivity index (χ1n) is 13.7. The summed E-state index contributed by atoms with van der Waals surface area (Å²) in [6.45, 7) is 3.43. The number of nitrogens with zero attached hydrogens (tertiary/aromatic N) is 2. The second-order valence-corrected chi connectivity index (χ2v) is 13.6. The Balaban J connectivity index is 1.42. The van der Waals surface area contributed by atoms with Crippen LogP contribution in [0.5, 0.6) is 5.75 Å². The highest BCUT2D eigenvalue weighted by atomic mass is 35.5. The maximum absolute atomic E-state index is 14.3. The first-order chi connectivity index (χ1) is 20.3. The molecule has 2 N–H and O–H groups in total. The average molecular weight is 625 g/mol. The minimum atomic E-state index is -3.76. The molecule has 1 spiro atoms. The number of oxime groups is 1. The van der Waals surface area contributed by atoms with Gasteiger partial charge < -0.3 is 19.8 Å². The van der Waals surface area contributed by atoms with Gasteiger partial charge in [-0.25, -0.2) is 13.1 Å². The first-order valence-corrected chi connectivity index (χ1v) is 15.9. The van der Waals surface area contributed by atoms with E-state index >= 15 is 0 Å². The molecule has 5 rings (SSSR count). The Hall–Kier alpha value is -4.09. The molecule has 1 saturated carbocycles. The minimum Gasteiger partial charge on any atom is -0.497 e. The normalized spacial score (nSPS) is 16.1. The van der Waals surface area contributed by atoms with Crippen LogP contribution in [-0.2, 0) is 29.9 Å². The number of hydrogen-bond acceptors (Lipinski definition) is 8. The number of anilines is 2. The molecular weight excluding hydrogens is 592 g/mol. The van der Waals surface area contributed by atoms with Crippen molar-refractivity contribution in [3.63, 3.8) is 0 Å². The van der Waals surface area contributed by atoms with Gasteiger partial charge in [0, 0.05) is 40.0 Å². The third-order valence-corrected chi connectivity index (χ3v) is 8.39. The Morgan fingerprint density at radius 3 is 2.44 bits per heavy atom. The molecule has 0 radical (unpaired) electrons. The highest BCUT2D eigenvalue weighted by Gasteiger charge is 2.53. The van der Waals surface area contributed by atoms with Crippen LogP contribution in [0.2, 0.25) is 5.02 Å². The molecule has 1 fully saturated rings. The highest BCUT2D eigenvalue weighted by molar-refractivity contribution is 7.89. The molecule has 2 aliphatic rings. The van der Waals surface area contributed by atoms with Crippen molar-refractivity contribution >= 4 is 51.0 Å². The van der Waals surface area contributed by atoms with Gasteiger partial charge in [-0.15, -0.1) is 0 Å². The van der Waals surface area contributed by atoms with Gasteiger partial charge in [-0.05, 0) is 68.1 Å². The van der Waals surface area contributed by atoms with E-state index in [0.29, 0.717) is 28.6 Å². The van der Waals surface area contributed by atoms with Crippen molar-refractivity contribution in [3.8, 4) is 5.75 Å². The second kappa shape index (κ2) is 11.5. The van der Waals surface area contributed by atoms with Crippen molar-refractivity contribution in [2.24, 2.45) is 5.16 Å². The third kappa shape index (κ3) is 6.78. The number of carbonyl (C=O) groups excluding carboxylic acids is 2. The van der Waals surface area contributed by atoms with Crippen molar-refractivity contribution < 1.29 is 27.6 Å². The van der Waals surface area contributed by atoms with Crippen LogP contribution >= 0.6 is 11.6 Å². The number of para-hydroxylation sites is 1. The highest BCUT2D eigenvalue weighted by Crippen LogP contribution is 2.56. The molecule has 1 aliphatic carbocycles. The zero-order chi connectivity index (χ0) is 31.0. The maximum Gasteiger partial charge on any atom is 0.279 e. The number of nitrogens with one attached hydrogen (secondary N) is 2. The summed E-state index contributed by atoms with van der Waals surface area (Å²) in [5.74, 6) is -0.467. The van der Waals surface area contributed by atoms with Crippen molar-refractivity contribution in [2.45, 2.75) is 43.7 Å². The van der Waals surface area contributed by atoms with Crippen LogP contribution in [0, 0.1) is 0 Å². The molecular formula is C31H33ClN4O6S. The van der Waals surface area contributed by atoms with Gasteiger partial charge in [0.1, 0.15) is 11.8 Å². The van der Waals surface area contributed by atoms with Crippen LogP contribution in [0.1, 0.15) is 49.4 Å². The van der Waals surface area contributed by atoms with E-state index in [2.05, 4.69) is 16.5 Å². The fourth-order valence-corrected chi connectivity index (χ4v) is 5.83. The summed E-state index contributed by atoms with van der Waals surface area (Å²) in [5.41, 5.74) is 2.49. The number of halogens is 1. The van der Waals surface area contributed by atoms with Gasteiger partial charge >= 0.3 is 0 Å². The monoisotopic (exact) mass is 624 g/mol. The molecule has 0 bridgehead atoms. The van der Waals surface area contributed by atoms with Gasteiger partial charge in [-0.2, -0.15) is 0 Å². The van der Waals surface area contributed by atoms with E-state index < -0.39 is 27.6 Å². The fraction of sp³-hybridized carbons (Fsp3) is 0.323. The minimum absolute atomic E-state index is 0.0302. The topological polar surface area (TPSA) is 126 Å². The van der Waals surface area contributed by atoms with Crippen molar-refractivity contribution in [1.82, 2.24) is 4.72 Å². The van der Waals surface area contributed by atoms with Gasteiger partial charge in [0.2, 0.25) is 15.6 Å². The van der Waals surface area contributed by atoms with Gasteiger partial charge in [-0.3, -0.25) is 9.59 Å². The molecule has 43 heavy (non-hydrogen) atoms. The standard InChI is InChI=1S/C31H33ClN4O6S/c1-30(2,29(38)35-43(4,39)40)42-33-18-20-15-23(17-24(16-20)41-3)34-27(21-9-11-22(32)12-10-21)28(37)36-19-31(13-14-31)25-7-5-6-8-26(25)36/h5-12,15-18,27,34H,13-14,19H2,1-4H3,(H,35,38). The molecule has 3 aromatic carbocycles. The molecule has 226 valence electrons. The maximum atomic E-state index is 14.3. The van der Waals surface area contributed by atoms with Crippen LogP contribution in [0.3, 0.4) is 0 Å². The number of fused-ring (bicyclic) bond motifs is 2. The Labute approximate surface area is 256 Å². The van der Waals surface area contributed by atoms with E-state index in [0.717, 1.165) is 30.3 Å². The first kappa shape index (κ1) is 30.4. The lowest BCUT2D eigenvalue weighted by Crippen LogP contribution is -2.45. The SMILES string of the molecule is COc1cc(C=NOC(C)(C)C(=O)NS(C)(=O)=O)cc(NC(C(=O)N2CC3(CC3)c3ccccc32)c2ccc(Cl)cc2)c1. The lowest BCUT2D eigenvalue weighted by Gasteiger charge is -2.27. The Kier molecular flexibility index (Phi) is 8.15. The molecule has 1 atom stereocenters. The summed E-state index contributed by atoms with van der Waals surface area (Å²) in [6.07, 6.45) is 4.36. The molecule has 1 unspecified atom stereocenters. The Bertz CT molecular complexity index is 1690. The van der Waals surface area contributed by atoms with Gasteiger partial charge in [0.05, 0.1) is 19.6 Å². The second-order valence-electron chi connectivity index (χ2n) is 11.4. The van der Waals surface area contributed by atoms with E-state index in [1.54, 1.807) is 30.3 Å². The molecule has 1 heterocycles. The van der Waals surface area contributed by atoms with Crippen molar-refractivity contribution in [1.29, 1.82) is 0 Å². The number of rotatable bonds is 10. The fourth-order valence-electron chi connectivity index (χ4n) is 5.12. The number of sulfonamides is 1. The van der Waals surface area contributed by atoms with Crippen molar-refractivity contribution in [3.05, 3.63) is 88.4 Å². The molecule has 10 nitrogen and oxygen atoms in total. The van der Waals surface area contributed by atoms with E-state index in [-0.39, 0.29) is 11.3 Å². The number of ether oxygens (including phenoxy) is 1. The summed E-state index contributed by atoms with van der Waals surface area (Å²) in [4.78, 5) is 33.8. The third-order valence-electron chi connectivity index (χ3n) is 7.58. The molecule has 0 saturated heterocycles. The molecule has 3 aromatic rings. The van der Waals surface area contributed by atoms with Crippen LogP contribution in [-0.4, -0.2) is 52.0 Å². The summed E-state index contributed by atoms with van der Waals surface area (Å²) < 4.78 is 30.3. The van der Waals surface area contributed by atoms with Gasteiger partial charge in [0.15, 0.2) is 0 Å².